The van der Waals surface area contributed by atoms with Crippen molar-refractivity contribution in [2.45, 2.75) is 53.1 Å². The summed E-state index contributed by atoms with van der Waals surface area (Å²) in [6.07, 6.45) is 4.12. The largest absolute Gasteiger partial charge is 0.432 e. The molecule has 1 heterocycles. The Labute approximate surface area is 104 Å². The first kappa shape index (κ1) is 14.0. The second-order valence-electron chi connectivity index (χ2n) is 4.59. The molecule has 4 nitrogen and oxygen atoms in total. The highest BCUT2D eigenvalue weighted by atomic mass is 16.4. The summed E-state index contributed by atoms with van der Waals surface area (Å²) < 4.78 is 5.52. The van der Waals surface area contributed by atoms with Gasteiger partial charge in [0.25, 0.3) is 6.01 Å². The number of oxazole rings is 1. The summed E-state index contributed by atoms with van der Waals surface area (Å²) in [5, 5.41) is 3.33. The van der Waals surface area contributed by atoms with E-state index in [1.807, 2.05) is 0 Å². The fourth-order valence-corrected chi connectivity index (χ4v) is 1.57. The Morgan fingerprint density at radius 2 is 2.18 bits per heavy atom. The van der Waals surface area contributed by atoms with Crippen molar-refractivity contribution in [3.05, 3.63) is 12.0 Å². The molecular formula is C13H25N3O. The van der Waals surface area contributed by atoms with Gasteiger partial charge in [-0.15, -0.1) is 0 Å². The van der Waals surface area contributed by atoms with Crippen molar-refractivity contribution < 1.29 is 4.42 Å². The van der Waals surface area contributed by atoms with Gasteiger partial charge in [-0.3, -0.25) is 0 Å². The van der Waals surface area contributed by atoms with Gasteiger partial charge in [0.2, 0.25) is 0 Å². The van der Waals surface area contributed by atoms with Crippen molar-refractivity contribution >= 4 is 6.01 Å². The lowest BCUT2D eigenvalue weighted by Crippen LogP contribution is -2.24. The topological polar surface area (TPSA) is 41.3 Å². The molecule has 17 heavy (non-hydrogen) atoms. The van der Waals surface area contributed by atoms with Crippen molar-refractivity contribution in [3.63, 3.8) is 0 Å². The van der Waals surface area contributed by atoms with Gasteiger partial charge in [-0.1, -0.05) is 27.2 Å². The summed E-state index contributed by atoms with van der Waals surface area (Å²) in [5.41, 5.74) is 0.976. The van der Waals surface area contributed by atoms with Gasteiger partial charge in [0, 0.05) is 25.7 Å². The SMILES string of the molecule is CCCCN(CC)c1nc(CNC(C)C)co1. The van der Waals surface area contributed by atoms with Crippen LogP contribution in [0.1, 0.15) is 46.2 Å². The minimum atomic E-state index is 0.470. The first-order valence-electron chi connectivity index (χ1n) is 6.60. The van der Waals surface area contributed by atoms with Crippen LogP contribution in [0, 0.1) is 0 Å². The van der Waals surface area contributed by atoms with E-state index in [9.17, 15) is 0 Å². The molecule has 0 amide bonds. The molecule has 0 saturated heterocycles. The van der Waals surface area contributed by atoms with Gasteiger partial charge in [-0.2, -0.15) is 4.98 Å². The fourth-order valence-electron chi connectivity index (χ4n) is 1.57. The smallest absolute Gasteiger partial charge is 0.297 e. The Kier molecular flexibility index (Phi) is 6.05. The Morgan fingerprint density at radius 3 is 2.76 bits per heavy atom. The van der Waals surface area contributed by atoms with Crippen LogP contribution in [0.25, 0.3) is 0 Å². The summed E-state index contributed by atoms with van der Waals surface area (Å²) in [4.78, 5) is 6.69. The molecule has 1 aromatic rings. The lowest BCUT2D eigenvalue weighted by molar-refractivity contribution is 0.528. The molecular weight excluding hydrogens is 214 g/mol. The van der Waals surface area contributed by atoms with Crippen LogP contribution in [-0.2, 0) is 6.54 Å². The number of hydrogen-bond donors (Lipinski definition) is 1. The first-order chi connectivity index (χ1) is 8.17. The number of hydrogen-bond acceptors (Lipinski definition) is 4. The van der Waals surface area contributed by atoms with Crippen molar-refractivity contribution in [1.29, 1.82) is 0 Å². The maximum Gasteiger partial charge on any atom is 0.297 e. The van der Waals surface area contributed by atoms with E-state index in [-0.39, 0.29) is 0 Å². The van der Waals surface area contributed by atoms with Crippen LogP contribution in [0.15, 0.2) is 10.7 Å². The third kappa shape index (κ3) is 4.77. The van der Waals surface area contributed by atoms with Crippen LogP contribution in [0.2, 0.25) is 0 Å². The zero-order valence-electron chi connectivity index (χ0n) is 11.5. The summed E-state index contributed by atoms with van der Waals surface area (Å²) in [6.45, 7) is 11.3. The highest BCUT2D eigenvalue weighted by molar-refractivity contribution is 5.26. The Morgan fingerprint density at radius 1 is 1.41 bits per heavy atom. The highest BCUT2D eigenvalue weighted by Gasteiger charge is 2.10. The molecule has 1 aromatic heterocycles. The van der Waals surface area contributed by atoms with Crippen LogP contribution >= 0.6 is 0 Å². The van der Waals surface area contributed by atoms with Gasteiger partial charge in [0.1, 0.15) is 6.26 Å². The number of aromatic nitrogens is 1. The van der Waals surface area contributed by atoms with Crippen LogP contribution in [0.3, 0.4) is 0 Å². The maximum absolute atomic E-state index is 5.52. The molecule has 0 fully saturated rings. The van der Waals surface area contributed by atoms with E-state index in [2.05, 4.69) is 42.9 Å². The fraction of sp³-hybridized carbons (Fsp3) is 0.769. The van der Waals surface area contributed by atoms with Gasteiger partial charge in [0.15, 0.2) is 0 Å². The molecule has 0 aliphatic heterocycles. The Balaban J connectivity index is 2.52. The second kappa shape index (κ2) is 7.33. The van der Waals surface area contributed by atoms with E-state index in [4.69, 9.17) is 4.42 Å². The lowest BCUT2D eigenvalue weighted by Gasteiger charge is -2.17. The molecule has 0 spiro atoms. The third-order valence-corrected chi connectivity index (χ3v) is 2.66. The van der Waals surface area contributed by atoms with Gasteiger partial charge in [0.05, 0.1) is 5.69 Å². The number of unbranched alkanes of at least 4 members (excludes halogenated alkanes) is 1. The van der Waals surface area contributed by atoms with Crippen LogP contribution in [0.4, 0.5) is 6.01 Å². The van der Waals surface area contributed by atoms with Crippen LogP contribution in [-0.4, -0.2) is 24.1 Å². The van der Waals surface area contributed by atoms with Crippen LogP contribution < -0.4 is 10.2 Å². The Hall–Kier alpha value is -1.03. The molecule has 0 atom stereocenters. The van der Waals surface area contributed by atoms with Crippen LogP contribution in [0.5, 0.6) is 0 Å². The average Bonchev–Trinajstić information content (AvgIpc) is 2.76. The normalized spacial score (nSPS) is 11.1. The maximum atomic E-state index is 5.52. The first-order valence-corrected chi connectivity index (χ1v) is 6.60. The number of nitrogens with one attached hydrogen (secondary N) is 1. The van der Waals surface area contributed by atoms with E-state index >= 15 is 0 Å². The predicted molar refractivity (Wildman–Crippen MR) is 71.3 cm³/mol. The summed E-state index contributed by atoms with van der Waals surface area (Å²) >= 11 is 0. The van der Waals surface area contributed by atoms with E-state index in [0.717, 1.165) is 31.3 Å². The minimum absolute atomic E-state index is 0.470. The van der Waals surface area contributed by atoms with Crippen molar-refractivity contribution in [3.8, 4) is 0 Å². The third-order valence-electron chi connectivity index (χ3n) is 2.66. The zero-order chi connectivity index (χ0) is 12.7. The van der Waals surface area contributed by atoms with E-state index < -0.39 is 0 Å². The molecule has 0 aliphatic carbocycles. The highest BCUT2D eigenvalue weighted by Crippen LogP contribution is 2.14. The lowest BCUT2D eigenvalue weighted by atomic mass is 10.3. The van der Waals surface area contributed by atoms with Crippen molar-refractivity contribution in [1.82, 2.24) is 10.3 Å². The van der Waals surface area contributed by atoms with Crippen molar-refractivity contribution in [2.24, 2.45) is 0 Å². The summed E-state index contributed by atoms with van der Waals surface area (Å²) in [7, 11) is 0. The summed E-state index contributed by atoms with van der Waals surface area (Å²) in [5.74, 6) is 0. The molecule has 0 radical (unpaired) electrons. The molecule has 0 saturated carbocycles. The van der Waals surface area contributed by atoms with E-state index in [0.29, 0.717) is 6.04 Å². The van der Waals surface area contributed by atoms with Gasteiger partial charge < -0.3 is 14.6 Å². The predicted octanol–water partition coefficient (Wildman–Crippen LogP) is 2.80. The summed E-state index contributed by atoms with van der Waals surface area (Å²) in [6, 6.07) is 1.22. The van der Waals surface area contributed by atoms with E-state index in [1.54, 1.807) is 6.26 Å². The number of anilines is 1. The Bertz CT molecular complexity index is 309. The van der Waals surface area contributed by atoms with Gasteiger partial charge >= 0.3 is 0 Å². The zero-order valence-corrected chi connectivity index (χ0v) is 11.5. The molecule has 1 N–H and O–H groups in total. The molecule has 98 valence electrons. The quantitative estimate of drug-likeness (QED) is 0.757. The second-order valence-corrected chi connectivity index (χ2v) is 4.59. The van der Waals surface area contributed by atoms with E-state index in [1.165, 1.54) is 12.8 Å². The molecule has 1 rings (SSSR count). The number of nitrogens with zero attached hydrogens (tertiary/aromatic N) is 2. The standard InChI is InChI=1S/C13H25N3O/c1-5-7-8-16(6-2)13-15-12(10-17-13)9-14-11(3)4/h10-11,14H,5-9H2,1-4H3. The molecule has 0 bridgehead atoms. The molecule has 0 unspecified atom stereocenters. The molecule has 0 aromatic carbocycles. The van der Waals surface area contributed by atoms with Gasteiger partial charge in [-0.05, 0) is 13.3 Å². The number of rotatable bonds is 8. The minimum Gasteiger partial charge on any atom is -0.432 e. The monoisotopic (exact) mass is 239 g/mol. The van der Waals surface area contributed by atoms with Gasteiger partial charge in [-0.25, -0.2) is 0 Å². The van der Waals surface area contributed by atoms with Crippen molar-refractivity contribution in [2.75, 3.05) is 18.0 Å². The molecule has 0 aliphatic rings. The average molecular weight is 239 g/mol. The molecule has 4 heteroatoms.